The van der Waals surface area contributed by atoms with E-state index in [1.165, 1.54) is 4.90 Å². The highest BCUT2D eigenvalue weighted by molar-refractivity contribution is 7.90. The number of nitrogens with zero attached hydrogens (tertiary/aromatic N) is 2. The van der Waals surface area contributed by atoms with E-state index in [1.54, 1.807) is 12.1 Å². The molecule has 3 rings (SSSR count). The van der Waals surface area contributed by atoms with E-state index >= 15 is 0 Å². The Morgan fingerprint density at radius 1 is 1.12 bits per heavy atom. The van der Waals surface area contributed by atoms with E-state index < -0.39 is 17.5 Å². The molecular weight excluding hydrogens is 429 g/mol. The Bertz CT molecular complexity index is 925. The average Bonchev–Trinajstić information content (AvgIpc) is 2.73. The number of amides is 1. The highest BCUT2D eigenvalue weighted by Gasteiger charge is 2.28. The molecule has 6 nitrogen and oxygen atoms in total. The first-order valence-corrected chi connectivity index (χ1v) is 12.0. The second-order valence-corrected chi connectivity index (χ2v) is 11.2. The van der Waals surface area contributed by atoms with Crippen molar-refractivity contribution in [2.45, 2.75) is 44.9 Å². The van der Waals surface area contributed by atoms with Crippen LogP contribution in [-0.2, 0) is 17.8 Å². The first kappa shape index (κ1) is 24.4. The molecule has 0 bridgehead atoms. The molecule has 0 radical (unpaired) electrons. The van der Waals surface area contributed by atoms with Crippen molar-refractivity contribution in [2.24, 2.45) is 0 Å². The number of hydrogen-bond acceptors (Lipinski definition) is 4. The van der Waals surface area contributed by atoms with Crippen LogP contribution in [0.3, 0.4) is 0 Å². The van der Waals surface area contributed by atoms with Crippen LogP contribution in [0.2, 0.25) is 0 Å². The van der Waals surface area contributed by atoms with Crippen LogP contribution in [0.25, 0.3) is 0 Å². The van der Waals surface area contributed by atoms with Gasteiger partial charge in [0, 0.05) is 37.5 Å². The fraction of sp³-hybridized carbons (Fsp3) is 0.458. The maximum Gasteiger partial charge on any atom is 0.407 e. The molecule has 2 atom stereocenters. The molecule has 1 heterocycles. The second-order valence-electron chi connectivity index (χ2n) is 9.18. The van der Waals surface area contributed by atoms with E-state index in [1.807, 2.05) is 62.9 Å². The van der Waals surface area contributed by atoms with Crippen LogP contribution >= 0.6 is 0 Å². The van der Waals surface area contributed by atoms with Gasteiger partial charge >= 0.3 is 6.09 Å². The van der Waals surface area contributed by atoms with E-state index in [2.05, 4.69) is 4.72 Å². The zero-order valence-electron chi connectivity index (χ0n) is 19.1. The summed E-state index contributed by atoms with van der Waals surface area (Å²) in [5.74, 6) is -0.287. The third-order valence-electron chi connectivity index (χ3n) is 5.63. The van der Waals surface area contributed by atoms with Crippen molar-refractivity contribution in [1.82, 2.24) is 9.62 Å². The summed E-state index contributed by atoms with van der Waals surface area (Å²) in [5.41, 5.74) is 3.51. The van der Waals surface area contributed by atoms with E-state index in [4.69, 9.17) is 5.11 Å². The number of carboxylic acid groups (broad SMARTS) is 1. The third kappa shape index (κ3) is 6.15. The molecule has 0 aliphatic carbocycles. The molecule has 0 aromatic heterocycles. The zero-order chi connectivity index (χ0) is 23.5. The third-order valence-corrected chi connectivity index (χ3v) is 7.31. The summed E-state index contributed by atoms with van der Waals surface area (Å²) in [7, 11) is 0. The van der Waals surface area contributed by atoms with Crippen molar-refractivity contribution < 1.29 is 18.8 Å². The van der Waals surface area contributed by atoms with E-state index in [-0.39, 0.29) is 16.6 Å². The lowest BCUT2D eigenvalue weighted by Gasteiger charge is -2.34. The van der Waals surface area contributed by atoms with E-state index in [9.17, 15) is 13.7 Å². The minimum atomic E-state index is -1.14. The topological polar surface area (TPSA) is 78.9 Å². The first-order valence-electron chi connectivity index (χ1n) is 10.8. The molecule has 32 heavy (non-hydrogen) atoms. The molecule has 1 saturated heterocycles. The minimum Gasteiger partial charge on any atom is -0.598 e. The summed E-state index contributed by atoms with van der Waals surface area (Å²) >= 11 is -1.14. The van der Waals surface area contributed by atoms with Gasteiger partial charge in [0.25, 0.3) is 0 Å². The van der Waals surface area contributed by atoms with Crippen molar-refractivity contribution >= 4 is 23.1 Å². The number of rotatable bonds is 6. The predicted molar refractivity (Wildman–Crippen MR) is 127 cm³/mol. The minimum absolute atomic E-state index is 0.0394. The Balaban J connectivity index is 1.60. The number of nitrogens with one attached hydrogen (secondary N) is 1. The highest BCUT2D eigenvalue weighted by atomic mass is 32.2. The summed E-state index contributed by atoms with van der Waals surface area (Å²) in [4.78, 5) is 14.3. The fourth-order valence-corrected chi connectivity index (χ4v) is 4.43. The molecule has 1 amide bonds. The van der Waals surface area contributed by atoms with Crippen LogP contribution < -0.4 is 9.62 Å². The molecule has 174 valence electrons. The highest BCUT2D eigenvalue weighted by Crippen LogP contribution is 2.24. The number of benzene rings is 2. The molecule has 0 spiro atoms. The van der Waals surface area contributed by atoms with Crippen LogP contribution in [0.4, 0.5) is 14.9 Å². The van der Waals surface area contributed by atoms with Gasteiger partial charge in [-0.1, -0.05) is 30.3 Å². The van der Waals surface area contributed by atoms with Gasteiger partial charge in [-0.15, -0.1) is 4.72 Å². The van der Waals surface area contributed by atoms with Crippen molar-refractivity contribution in [3.8, 4) is 0 Å². The van der Waals surface area contributed by atoms with Gasteiger partial charge in [-0.25, -0.2) is 9.18 Å². The van der Waals surface area contributed by atoms with Crippen LogP contribution in [0.5, 0.6) is 0 Å². The monoisotopic (exact) mass is 461 g/mol. The van der Waals surface area contributed by atoms with Gasteiger partial charge in [0.15, 0.2) is 0 Å². The quantitative estimate of drug-likeness (QED) is 0.626. The van der Waals surface area contributed by atoms with Crippen LogP contribution in [-0.4, -0.2) is 51.6 Å². The van der Waals surface area contributed by atoms with E-state index in [0.29, 0.717) is 38.3 Å². The lowest BCUT2D eigenvalue weighted by molar-refractivity contribution is 0.142. The molecule has 2 aromatic rings. The number of carbonyl (C=O) groups is 1. The smallest absolute Gasteiger partial charge is 0.407 e. The Hall–Kier alpha value is -2.29. The number of halogens is 1. The Morgan fingerprint density at radius 2 is 1.72 bits per heavy atom. The van der Waals surface area contributed by atoms with Crippen LogP contribution in [0.15, 0.2) is 42.5 Å². The lowest BCUT2D eigenvalue weighted by atomic mass is 10.0. The van der Waals surface area contributed by atoms with Gasteiger partial charge in [-0.3, -0.25) is 0 Å². The van der Waals surface area contributed by atoms with Gasteiger partial charge < -0.3 is 19.5 Å². The Morgan fingerprint density at radius 3 is 2.25 bits per heavy atom. The number of hydrogen-bond donors (Lipinski definition) is 2. The van der Waals surface area contributed by atoms with Gasteiger partial charge in [-0.2, -0.15) is 0 Å². The predicted octanol–water partition coefficient (Wildman–Crippen LogP) is 4.33. The van der Waals surface area contributed by atoms with Crippen LogP contribution in [0, 0.1) is 5.82 Å². The maximum atomic E-state index is 14.8. The zero-order valence-corrected chi connectivity index (χ0v) is 19.9. The number of piperazine rings is 1. The molecule has 1 unspecified atom stereocenters. The average molecular weight is 462 g/mol. The number of anilines is 1. The summed E-state index contributed by atoms with van der Waals surface area (Å²) in [6, 6.07) is 13.3. The molecule has 1 aliphatic heterocycles. The molecule has 2 N–H and O–H groups in total. The largest absolute Gasteiger partial charge is 0.598 e. The fourth-order valence-electron chi connectivity index (χ4n) is 3.62. The summed E-state index contributed by atoms with van der Waals surface area (Å²) < 4.78 is 29.9. The molecule has 1 fully saturated rings. The molecule has 2 aromatic carbocycles. The van der Waals surface area contributed by atoms with Gasteiger partial charge in [0.1, 0.15) is 10.6 Å². The van der Waals surface area contributed by atoms with Gasteiger partial charge in [0.05, 0.1) is 11.7 Å². The van der Waals surface area contributed by atoms with Crippen molar-refractivity contribution in [3.63, 3.8) is 0 Å². The standard InChI is InChI=1S/C24H32FN3O3S/c1-17(26-32(31)24(2,3)4)20-8-5-18(6-9-20)15-19-7-10-22(21(25)16-19)27-11-13-28(14-12-27)23(29)30/h5-10,16-17,26H,11-15H2,1-4H3,(H,29,30)/t17-,32?/m0/s1. The first-order chi connectivity index (χ1) is 15.0. The Labute approximate surface area is 192 Å². The van der Waals surface area contributed by atoms with Gasteiger partial charge in [-0.05, 0) is 62.9 Å². The summed E-state index contributed by atoms with van der Waals surface area (Å²) in [6.07, 6.45) is -0.320. The summed E-state index contributed by atoms with van der Waals surface area (Å²) in [5, 5.41) is 9.06. The molecule has 8 heteroatoms. The van der Waals surface area contributed by atoms with Gasteiger partial charge in [0.2, 0.25) is 0 Å². The summed E-state index contributed by atoms with van der Waals surface area (Å²) in [6.45, 7) is 9.51. The van der Waals surface area contributed by atoms with E-state index in [0.717, 1.165) is 16.7 Å². The molecular formula is C24H32FN3O3S. The van der Waals surface area contributed by atoms with Crippen molar-refractivity contribution in [2.75, 3.05) is 31.1 Å². The maximum absolute atomic E-state index is 14.8. The van der Waals surface area contributed by atoms with Crippen LogP contribution in [0.1, 0.15) is 50.4 Å². The SMILES string of the molecule is C[C@H](N[S+]([O-])C(C)(C)C)c1ccc(Cc2ccc(N3CCN(C(=O)O)CC3)c(F)c2)cc1. The molecule has 0 saturated carbocycles. The lowest BCUT2D eigenvalue weighted by Crippen LogP contribution is -2.48. The normalized spacial score (nSPS) is 16.7. The Kier molecular flexibility index (Phi) is 7.69. The second kappa shape index (κ2) is 10.1. The van der Waals surface area contributed by atoms with Crippen molar-refractivity contribution in [1.29, 1.82) is 0 Å². The van der Waals surface area contributed by atoms with Crippen molar-refractivity contribution in [3.05, 3.63) is 65.0 Å². The molecule has 1 aliphatic rings.